The first-order valence-corrected chi connectivity index (χ1v) is 11.1. The Morgan fingerprint density at radius 3 is 2.83 bits per heavy atom. The van der Waals surface area contributed by atoms with Gasteiger partial charge in [-0.25, -0.2) is 4.79 Å². The van der Waals surface area contributed by atoms with Crippen molar-refractivity contribution in [1.29, 1.82) is 0 Å². The molecule has 0 aliphatic carbocycles. The Morgan fingerprint density at radius 2 is 2.13 bits per heavy atom. The molecule has 2 fully saturated rings. The van der Waals surface area contributed by atoms with Crippen molar-refractivity contribution in [1.82, 2.24) is 10.2 Å². The number of hydrogen-bond donors (Lipinski definition) is 1. The molecular formula is C22H24N2O5S. The number of nitrogens with zero attached hydrogens (tertiary/aromatic N) is 1. The Hall–Kier alpha value is -2.58. The summed E-state index contributed by atoms with van der Waals surface area (Å²) in [5.74, 6) is -0.504. The molecule has 30 heavy (non-hydrogen) atoms. The highest BCUT2D eigenvalue weighted by Crippen LogP contribution is 2.43. The van der Waals surface area contributed by atoms with E-state index in [1.165, 1.54) is 22.7 Å². The molecule has 4 rings (SSSR count). The lowest BCUT2D eigenvalue weighted by Gasteiger charge is -2.50. The molecule has 8 heteroatoms. The first-order chi connectivity index (χ1) is 14.6. The Morgan fingerprint density at radius 1 is 1.33 bits per heavy atom. The van der Waals surface area contributed by atoms with Gasteiger partial charge in [0.05, 0.1) is 12.5 Å². The molecule has 0 radical (unpaired) electrons. The summed E-state index contributed by atoms with van der Waals surface area (Å²) in [4.78, 5) is 39.6. The minimum absolute atomic E-state index is 0.0677. The number of esters is 1. The molecule has 1 aromatic rings. The van der Waals surface area contributed by atoms with Crippen molar-refractivity contribution < 1.29 is 23.9 Å². The van der Waals surface area contributed by atoms with Crippen LogP contribution in [0.3, 0.4) is 0 Å². The van der Waals surface area contributed by atoms with Crippen molar-refractivity contribution in [3.8, 4) is 0 Å². The fraction of sp³-hybridized carbons (Fsp3) is 0.409. The van der Waals surface area contributed by atoms with Gasteiger partial charge in [0, 0.05) is 12.4 Å². The van der Waals surface area contributed by atoms with Crippen LogP contribution < -0.4 is 5.32 Å². The van der Waals surface area contributed by atoms with E-state index >= 15 is 0 Å². The van der Waals surface area contributed by atoms with Crippen molar-refractivity contribution in [2.75, 3.05) is 19.0 Å². The molecule has 0 aromatic heterocycles. The zero-order valence-corrected chi connectivity index (χ0v) is 17.4. The lowest BCUT2D eigenvalue weighted by molar-refractivity contribution is -0.152. The van der Waals surface area contributed by atoms with Gasteiger partial charge in [-0.1, -0.05) is 43.0 Å². The van der Waals surface area contributed by atoms with Crippen LogP contribution in [0, 0.1) is 0 Å². The van der Waals surface area contributed by atoms with Gasteiger partial charge < -0.3 is 14.8 Å². The number of β-lactam (4-membered cyclic amide) rings is 1. The van der Waals surface area contributed by atoms with Crippen LogP contribution in [0.25, 0.3) is 0 Å². The number of ether oxygens (including phenoxy) is 2. The maximum Gasteiger partial charge on any atom is 0.355 e. The minimum atomic E-state index is -0.653. The van der Waals surface area contributed by atoms with Crippen LogP contribution in [0.1, 0.15) is 18.4 Å². The molecule has 0 bridgehead atoms. The van der Waals surface area contributed by atoms with Crippen molar-refractivity contribution in [2.24, 2.45) is 0 Å². The predicted molar refractivity (Wildman–Crippen MR) is 112 cm³/mol. The van der Waals surface area contributed by atoms with Crippen molar-refractivity contribution in [3.63, 3.8) is 0 Å². The largest absolute Gasteiger partial charge is 0.457 e. The number of carbonyl (C=O) groups is 3. The second-order valence-corrected chi connectivity index (χ2v) is 8.49. The Bertz CT molecular complexity index is 879. The molecule has 3 aliphatic rings. The minimum Gasteiger partial charge on any atom is -0.457 e. The molecule has 3 atom stereocenters. The first-order valence-electron chi connectivity index (χ1n) is 10.0. The van der Waals surface area contributed by atoms with E-state index in [1.807, 2.05) is 30.3 Å². The van der Waals surface area contributed by atoms with E-state index in [9.17, 15) is 14.4 Å². The summed E-state index contributed by atoms with van der Waals surface area (Å²) in [7, 11) is 0. The normalized spacial score (nSPS) is 25.4. The van der Waals surface area contributed by atoms with Crippen LogP contribution in [-0.2, 0) is 30.3 Å². The van der Waals surface area contributed by atoms with Gasteiger partial charge in [-0.15, -0.1) is 11.8 Å². The lowest BCUT2D eigenvalue weighted by Crippen LogP contribution is -2.71. The van der Waals surface area contributed by atoms with Crippen LogP contribution in [-0.4, -0.2) is 59.2 Å². The fourth-order valence-corrected chi connectivity index (χ4v) is 5.35. The van der Waals surface area contributed by atoms with E-state index in [0.29, 0.717) is 12.4 Å². The maximum atomic E-state index is 12.9. The topological polar surface area (TPSA) is 84.9 Å². The number of carbonyl (C=O) groups excluding carboxylic acids is 3. The third-order valence-corrected chi connectivity index (χ3v) is 6.67. The summed E-state index contributed by atoms with van der Waals surface area (Å²) in [6.45, 7) is 4.28. The van der Waals surface area contributed by atoms with Crippen LogP contribution in [0.5, 0.6) is 0 Å². The molecule has 3 unspecified atom stereocenters. The quantitative estimate of drug-likeness (QED) is 0.405. The molecule has 1 N–H and O–H groups in total. The highest BCUT2D eigenvalue weighted by Gasteiger charge is 2.55. The molecule has 3 aliphatic heterocycles. The zero-order chi connectivity index (χ0) is 21.1. The number of rotatable bonds is 7. The standard InChI is InChI=1S/C22H24N2O5S/c1-2-10-29-22(27)19-15(16-9-6-11-28-16)13-30-21-18(20(26)24(19)21)23-17(25)12-14-7-4-3-5-8-14/h2-5,7-8,16,18,21H,1,6,9-13H2,(H,23,25). The molecular weight excluding hydrogens is 404 g/mol. The first kappa shape index (κ1) is 20.7. The van der Waals surface area contributed by atoms with E-state index in [4.69, 9.17) is 9.47 Å². The number of thioether (sulfide) groups is 1. The number of fused-ring (bicyclic) bond motifs is 1. The van der Waals surface area contributed by atoms with Crippen LogP contribution >= 0.6 is 11.8 Å². The molecule has 0 spiro atoms. The highest BCUT2D eigenvalue weighted by atomic mass is 32.2. The second kappa shape index (κ2) is 9.06. The second-order valence-electron chi connectivity index (χ2n) is 7.38. The van der Waals surface area contributed by atoms with Gasteiger partial charge in [0.2, 0.25) is 5.91 Å². The third-order valence-electron chi connectivity index (χ3n) is 5.37. The molecule has 1 aromatic carbocycles. The van der Waals surface area contributed by atoms with E-state index in [0.717, 1.165) is 24.0 Å². The summed E-state index contributed by atoms with van der Waals surface area (Å²) >= 11 is 1.54. The molecule has 7 nitrogen and oxygen atoms in total. The summed E-state index contributed by atoms with van der Waals surface area (Å²) in [5.41, 5.74) is 1.94. The molecule has 2 amide bonds. The molecule has 2 saturated heterocycles. The SMILES string of the molecule is C=CCOC(=O)C1=C(C2CCCO2)CSC2C(NC(=O)Cc3ccccc3)C(=O)N12. The van der Waals surface area contributed by atoms with E-state index in [-0.39, 0.29) is 42.0 Å². The van der Waals surface area contributed by atoms with Crippen molar-refractivity contribution in [3.05, 3.63) is 59.8 Å². The van der Waals surface area contributed by atoms with Gasteiger partial charge >= 0.3 is 5.97 Å². The predicted octanol–water partition coefficient (Wildman–Crippen LogP) is 1.79. The average molecular weight is 429 g/mol. The zero-order valence-electron chi connectivity index (χ0n) is 16.5. The van der Waals surface area contributed by atoms with Gasteiger partial charge in [0.1, 0.15) is 23.7 Å². The van der Waals surface area contributed by atoms with Crippen LogP contribution in [0.2, 0.25) is 0 Å². The Labute approximate surface area is 179 Å². The number of nitrogens with one attached hydrogen (secondary N) is 1. The molecule has 0 saturated carbocycles. The number of hydrogen-bond acceptors (Lipinski definition) is 6. The highest BCUT2D eigenvalue weighted by molar-refractivity contribution is 8.00. The summed E-state index contributed by atoms with van der Waals surface area (Å²) in [6.07, 6.45) is 3.25. The summed E-state index contributed by atoms with van der Waals surface area (Å²) < 4.78 is 11.0. The van der Waals surface area contributed by atoms with Gasteiger partial charge in [-0.3, -0.25) is 14.5 Å². The smallest absolute Gasteiger partial charge is 0.355 e. The number of amides is 2. The Kier molecular flexibility index (Phi) is 6.24. The van der Waals surface area contributed by atoms with E-state index in [1.54, 1.807) is 0 Å². The monoisotopic (exact) mass is 428 g/mol. The lowest BCUT2D eigenvalue weighted by atomic mass is 9.99. The van der Waals surface area contributed by atoms with Crippen molar-refractivity contribution >= 4 is 29.5 Å². The Balaban J connectivity index is 1.50. The summed E-state index contributed by atoms with van der Waals surface area (Å²) in [5, 5.41) is 2.50. The van der Waals surface area contributed by atoms with Crippen LogP contribution in [0.15, 0.2) is 54.3 Å². The van der Waals surface area contributed by atoms with Gasteiger partial charge in [0.25, 0.3) is 5.91 Å². The van der Waals surface area contributed by atoms with E-state index < -0.39 is 12.0 Å². The average Bonchev–Trinajstić information content (AvgIpc) is 3.30. The summed E-state index contributed by atoms with van der Waals surface area (Å²) in [6, 6.07) is 8.71. The maximum absolute atomic E-state index is 12.9. The fourth-order valence-electron chi connectivity index (χ4n) is 3.94. The van der Waals surface area contributed by atoms with Gasteiger partial charge in [-0.05, 0) is 24.0 Å². The number of benzene rings is 1. The van der Waals surface area contributed by atoms with E-state index in [2.05, 4.69) is 11.9 Å². The third kappa shape index (κ3) is 4.02. The molecule has 158 valence electrons. The molecule has 3 heterocycles. The van der Waals surface area contributed by atoms with Crippen LogP contribution in [0.4, 0.5) is 0 Å². The van der Waals surface area contributed by atoms with Gasteiger partial charge in [-0.2, -0.15) is 0 Å². The van der Waals surface area contributed by atoms with Crippen molar-refractivity contribution in [2.45, 2.75) is 36.8 Å². The van der Waals surface area contributed by atoms with Gasteiger partial charge in [0.15, 0.2) is 0 Å².